The number of benzene rings is 1. The highest BCUT2D eigenvalue weighted by Gasteiger charge is 2.22. The van der Waals surface area contributed by atoms with E-state index < -0.39 is 11.4 Å². The molecule has 152 valence electrons. The zero-order chi connectivity index (χ0) is 21.1. The van der Waals surface area contributed by atoms with Crippen LogP contribution in [0, 0.1) is 17.1 Å². The highest BCUT2D eigenvalue weighted by molar-refractivity contribution is 5.78. The monoisotopic (exact) mass is 406 g/mol. The van der Waals surface area contributed by atoms with Gasteiger partial charge in [-0.05, 0) is 24.3 Å². The number of H-pyrrole nitrogens is 1. The van der Waals surface area contributed by atoms with Gasteiger partial charge in [0.1, 0.15) is 29.0 Å². The average molecular weight is 406 g/mol. The lowest BCUT2D eigenvalue weighted by molar-refractivity contribution is -0.131. The normalized spacial score (nSPS) is 14.0. The SMILES string of the molecule is N#Cc1ccc(N2CCN(C(=O)CCc3nc4c(F)cccc4c(=O)[nH]3)CC2)nc1. The van der Waals surface area contributed by atoms with Gasteiger partial charge in [-0.2, -0.15) is 5.26 Å². The quantitative estimate of drug-likeness (QED) is 0.706. The first-order valence-corrected chi connectivity index (χ1v) is 9.61. The van der Waals surface area contributed by atoms with Gasteiger partial charge in [0.15, 0.2) is 0 Å². The second-order valence-electron chi connectivity index (χ2n) is 7.03. The van der Waals surface area contributed by atoms with E-state index in [1.165, 1.54) is 24.4 Å². The Bertz CT molecular complexity index is 1180. The molecule has 1 fully saturated rings. The number of carbonyl (C=O) groups excluding carboxylic acids is 1. The molecule has 9 heteroatoms. The lowest BCUT2D eigenvalue weighted by atomic mass is 10.2. The number of fused-ring (bicyclic) bond motifs is 1. The molecule has 3 aromatic rings. The zero-order valence-corrected chi connectivity index (χ0v) is 16.1. The van der Waals surface area contributed by atoms with Crippen LogP contribution < -0.4 is 10.5 Å². The minimum absolute atomic E-state index is 0.0206. The van der Waals surface area contributed by atoms with Gasteiger partial charge in [0.25, 0.3) is 5.56 Å². The van der Waals surface area contributed by atoms with Crippen LogP contribution >= 0.6 is 0 Å². The number of aromatic amines is 1. The summed E-state index contributed by atoms with van der Waals surface area (Å²) >= 11 is 0. The van der Waals surface area contributed by atoms with Crippen molar-refractivity contribution in [3.8, 4) is 6.07 Å². The van der Waals surface area contributed by atoms with Gasteiger partial charge in [-0.15, -0.1) is 0 Å². The molecule has 0 radical (unpaired) electrons. The Kier molecular flexibility index (Phi) is 5.39. The van der Waals surface area contributed by atoms with Gasteiger partial charge >= 0.3 is 0 Å². The Morgan fingerprint density at radius 1 is 1.20 bits per heavy atom. The summed E-state index contributed by atoms with van der Waals surface area (Å²) in [4.78, 5) is 39.6. The molecule has 30 heavy (non-hydrogen) atoms. The Morgan fingerprint density at radius 2 is 2.00 bits per heavy atom. The maximum Gasteiger partial charge on any atom is 0.258 e. The number of aromatic nitrogens is 3. The van der Waals surface area contributed by atoms with E-state index in [0.717, 1.165) is 5.82 Å². The van der Waals surface area contributed by atoms with Crippen LogP contribution in [-0.2, 0) is 11.2 Å². The van der Waals surface area contributed by atoms with Crippen LogP contribution in [0.3, 0.4) is 0 Å². The van der Waals surface area contributed by atoms with Crippen LogP contribution in [-0.4, -0.2) is 51.9 Å². The van der Waals surface area contributed by atoms with Crippen molar-refractivity contribution >= 4 is 22.6 Å². The number of nitriles is 1. The number of aryl methyl sites for hydroxylation is 1. The molecule has 4 rings (SSSR count). The molecule has 1 aromatic carbocycles. The first-order chi connectivity index (χ1) is 14.5. The number of hydrogen-bond donors (Lipinski definition) is 1. The molecule has 0 spiro atoms. The molecule has 2 aromatic heterocycles. The lowest BCUT2D eigenvalue weighted by Gasteiger charge is -2.35. The summed E-state index contributed by atoms with van der Waals surface area (Å²) in [5, 5.41) is 9.05. The molecule has 0 atom stereocenters. The van der Waals surface area contributed by atoms with E-state index in [0.29, 0.717) is 37.6 Å². The molecule has 3 heterocycles. The first-order valence-electron chi connectivity index (χ1n) is 9.61. The fourth-order valence-corrected chi connectivity index (χ4v) is 3.50. The molecular weight excluding hydrogens is 387 g/mol. The number of nitrogens with one attached hydrogen (secondary N) is 1. The molecule has 8 nitrogen and oxygen atoms in total. The molecule has 1 amide bonds. The summed E-state index contributed by atoms with van der Waals surface area (Å²) in [6, 6.07) is 9.80. The largest absolute Gasteiger partial charge is 0.353 e. The highest BCUT2D eigenvalue weighted by Crippen LogP contribution is 2.15. The van der Waals surface area contributed by atoms with Crippen molar-refractivity contribution in [3.05, 3.63) is 64.1 Å². The van der Waals surface area contributed by atoms with Gasteiger partial charge in [0.2, 0.25) is 5.91 Å². The Balaban J connectivity index is 1.35. The lowest BCUT2D eigenvalue weighted by Crippen LogP contribution is -2.49. The van der Waals surface area contributed by atoms with E-state index in [1.54, 1.807) is 17.0 Å². The second kappa shape index (κ2) is 8.29. The summed E-state index contributed by atoms with van der Waals surface area (Å²) in [5.41, 5.74) is 0.116. The number of pyridine rings is 1. The number of amides is 1. The number of rotatable bonds is 4. The summed E-state index contributed by atoms with van der Waals surface area (Å²) < 4.78 is 13.9. The smallest absolute Gasteiger partial charge is 0.258 e. The first kappa shape index (κ1) is 19.5. The van der Waals surface area contributed by atoms with E-state index in [1.807, 2.05) is 6.07 Å². The third-order valence-corrected chi connectivity index (χ3v) is 5.15. The van der Waals surface area contributed by atoms with Gasteiger partial charge in [-0.3, -0.25) is 9.59 Å². The fourth-order valence-electron chi connectivity index (χ4n) is 3.50. The van der Waals surface area contributed by atoms with E-state index in [-0.39, 0.29) is 29.7 Å². The van der Waals surface area contributed by atoms with E-state index >= 15 is 0 Å². The number of nitrogens with zero attached hydrogens (tertiary/aromatic N) is 5. The minimum Gasteiger partial charge on any atom is -0.353 e. The van der Waals surface area contributed by atoms with Crippen LogP contribution in [0.1, 0.15) is 17.8 Å². The molecule has 1 aliphatic heterocycles. The fraction of sp³-hybridized carbons (Fsp3) is 0.286. The summed E-state index contributed by atoms with van der Waals surface area (Å²) in [7, 11) is 0. The standard InChI is InChI=1S/C21H19FN6O2/c22-16-3-1-2-15-20(16)25-17(26-21(15)30)5-7-19(29)28-10-8-27(9-11-28)18-6-4-14(12-23)13-24-18/h1-4,6,13H,5,7-11H2,(H,25,26,30). The number of hydrogen-bond acceptors (Lipinski definition) is 6. The second-order valence-corrected chi connectivity index (χ2v) is 7.03. The van der Waals surface area contributed by atoms with Gasteiger partial charge in [0, 0.05) is 45.2 Å². The molecule has 1 N–H and O–H groups in total. The van der Waals surface area contributed by atoms with Crippen molar-refractivity contribution in [2.24, 2.45) is 0 Å². The van der Waals surface area contributed by atoms with Crippen molar-refractivity contribution in [1.29, 1.82) is 5.26 Å². The highest BCUT2D eigenvalue weighted by atomic mass is 19.1. The topological polar surface area (TPSA) is 106 Å². The summed E-state index contributed by atoms with van der Waals surface area (Å²) in [6.07, 6.45) is 1.95. The van der Waals surface area contributed by atoms with Gasteiger partial charge in [-0.25, -0.2) is 14.4 Å². The van der Waals surface area contributed by atoms with E-state index in [2.05, 4.69) is 19.9 Å². The predicted octanol–water partition coefficient (Wildman–Crippen LogP) is 1.61. The summed E-state index contributed by atoms with van der Waals surface area (Å²) in [5.74, 6) is 0.477. The number of halogens is 1. The van der Waals surface area contributed by atoms with Crippen molar-refractivity contribution in [1.82, 2.24) is 19.9 Å². The number of piperazine rings is 1. The van der Waals surface area contributed by atoms with Gasteiger partial charge in [-0.1, -0.05) is 6.07 Å². The maximum absolute atomic E-state index is 13.9. The zero-order valence-electron chi connectivity index (χ0n) is 16.1. The minimum atomic E-state index is -0.557. The van der Waals surface area contributed by atoms with Crippen LogP contribution in [0.25, 0.3) is 10.9 Å². The molecule has 1 aliphatic rings. The molecule has 0 unspecified atom stereocenters. The van der Waals surface area contributed by atoms with E-state index in [9.17, 15) is 14.0 Å². The number of para-hydroxylation sites is 1. The number of carbonyl (C=O) groups is 1. The van der Waals surface area contributed by atoms with Crippen LogP contribution in [0.4, 0.5) is 10.2 Å². The summed E-state index contributed by atoms with van der Waals surface area (Å²) in [6.45, 7) is 2.38. The van der Waals surface area contributed by atoms with Gasteiger partial charge in [0.05, 0.1) is 10.9 Å². The Morgan fingerprint density at radius 3 is 2.70 bits per heavy atom. The van der Waals surface area contributed by atoms with Crippen molar-refractivity contribution < 1.29 is 9.18 Å². The van der Waals surface area contributed by atoms with E-state index in [4.69, 9.17) is 5.26 Å². The maximum atomic E-state index is 13.9. The molecule has 0 bridgehead atoms. The number of anilines is 1. The predicted molar refractivity (Wildman–Crippen MR) is 108 cm³/mol. The molecule has 0 saturated carbocycles. The van der Waals surface area contributed by atoms with Crippen LogP contribution in [0.5, 0.6) is 0 Å². The van der Waals surface area contributed by atoms with Crippen molar-refractivity contribution in [2.45, 2.75) is 12.8 Å². The third kappa shape index (κ3) is 3.98. The molecular formula is C21H19FN6O2. The van der Waals surface area contributed by atoms with Crippen LogP contribution in [0.2, 0.25) is 0 Å². The Hall–Kier alpha value is -3.80. The van der Waals surface area contributed by atoms with Crippen LogP contribution in [0.15, 0.2) is 41.3 Å². The van der Waals surface area contributed by atoms with Crippen molar-refractivity contribution in [3.63, 3.8) is 0 Å². The van der Waals surface area contributed by atoms with Gasteiger partial charge < -0.3 is 14.8 Å². The van der Waals surface area contributed by atoms with Crippen molar-refractivity contribution in [2.75, 3.05) is 31.1 Å². The third-order valence-electron chi connectivity index (χ3n) is 5.15. The molecule has 1 saturated heterocycles. The Labute approximate surface area is 171 Å². The molecule has 0 aliphatic carbocycles. The average Bonchev–Trinajstić information content (AvgIpc) is 2.78.